The number of benzene rings is 4. The molecule has 6 aromatic rings. The Hall–Kier alpha value is -3.59. The van der Waals surface area contributed by atoms with Crippen molar-refractivity contribution >= 4 is 21.6 Å². The normalized spacial score (nSPS) is 11.8. The average Bonchev–Trinajstić information content (AvgIpc) is 3.44. The van der Waals surface area contributed by atoms with Crippen molar-refractivity contribution < 1.29 is 26.2 Å². The Morgan fingerprint density at radius 1 is 0.733 bits per heavy atom. The molecule has 0 saturated heterocycles. The fraction of sp³-hybridized carbons (Fsp3) is 0.250. The first-order chi connectivity index (χ1) is 21.0. The van der Waals surface area contributed by atoms with Crippen LogP contribution in [-0.4, -0.2) is 15.1 Å². The predicted molar refractivity (Wildman–Crippen MR) is 187 cm³/mol. The number of phenols is 1. The van der Waals surface area contributed by atoms with E-state index in [9.17, 15) is 5.11 Å². The number of pyridine rings is 1. The summed E-state index contributed by atoms with van der Waals surface area (Å²) in [7, 11) is 0. The van der Waals surface area contributed by atoms with Gasteiger partial charge in [-0.1, -0.05) is 102 Å². The topological polar surface area (TPSA) is 46.0 Å². The van der Waals surface area contributed by atoms with Gasteiger partial charge >= 0.3 is 0 Å². The first-order valence-corrected chi connectivity index (χ1v) is 16.2. The standard InChI is InChI=1S/C40H39N2OS.Pt/c1-24(2)29-18-30(25(3)4)20-31(19-29)26-15-16-41-35(21-26)28-12-10-11-27(17-28)34-22-32(40(5,6)7)23-37-38(34)42-39(44-37)33-13-8-9-14-36(33)43;/h8-16,18-25,43H,1-7H3;/q-1;. The van der Waals surface area contributed by atoms with Crippen molar-refractivity contribution in [2.24, 2.45) is 0 Å². The van der Waals surface area contributed by atoms with E-state index >= 15 is 0 Å². The number of phenolic OH excluding ortho intramolecular Hbond substituents is 1. The molecule has 45 heavy (non-hydrogen) atoms. The number of hydrogen-bond donors (Lipinski definition) is 1. The fourth-order valence-electron chi connectivity index (χ4n) is 5.48. The summed E-state index contributed by atoms with van der Waals surface area (Å²) in [4.78, 5) is 9.85. The van der Waals surface area contributed by atoms with Crippen molar-refractivity contribution in [1.29, 1.82) is 0 Å². The third-order valence-corrected chi connectivity index (χ3v) is 9.30. The van der Waals surface area contributed by atoms with Gasteiger partial charge in [0, 0.05) is 37.7 Å². The van der Waals surface area contributed by atoms with Crippen LogP contribution in [-0.2, 0) is 26.5 Å². The molecular formula is C40H39N2OPtS-. The van der Waals surface area contributed by atoms with E-state index in [0.29, 0.717) is 11.8 Å². The second-order valence-electron chi connectivity index (χ2n) is 13.3. The van der Waals surface area contributed by atoms with Gasteiger partial charge in [-0.05, 0) is 69.3 Å². The third-order valence-electron chi connectivity index (χ3n) is 8.26. The smallest absolute Gasteiger partial charge is 0.127 e. The number of thiazole rings is 1. The SMILES string of the molecule is CC(C)c1cc(-c2ccnc(-c3[c-]c(-c4cc(C(C)(C)C)cc5sc(-c6ccccc6O)nc45)ccc3)c2)cc(C(C)C)c1.[Pt]. The Kier molecular flexibility index (Phi) is 9.49. The van der Waals surface area contributed by atoms with Crippen LogP contribution in [0.4, 0.5) is 0 Å². The van der Waals surface area contributed by atoms with E-state index in [4.69, 9.17) is 9.97 Å². The summed E-state index contributed by atoms with van der Waals surface area (Å²) in [5.74, 6) is 1.15. The number of nitrogens with zero attached hydrogens (tertiary/aromatic N) is 2. The minimum atomic E-state index is -0.0468. The molecule has 0 aliphatic carbocycles. The van der Waals surface area contributed by atoms with Crippen molar-refractivity contribution in [3.8, 4) is 49.8 Å². The molecule has 0 spiro atoms. The summed E-state index contributed by atoms with van der Waals surface area (Å²) in [5, 5.41) is 11.4. The van der Waals surface area contributed by atoms with E-state index in [1.54, 1.807) is 17.4 Å². The Bertz CT molecular complexity index is 1960. The van der Waals surface area contributed by atoms with E-state index in [2.05, 4.69) is 115 Å². The number of rotatable bonds is 6. The molecule has 2 aromatic heterocycles. The van der Waals surface area contributed by atoms with Crippen molar-refractivity contribution in [3.63, 3.8) is 0 Å². The predicted octanol–water partition coefficient (Wildman–Crippen LogP) is 11.4. The molecule has 0 aliphatic heterocycles. The summed E-state index contributed by atoms with van der Waals surface area (Å²) in [6.45, 7) is 15.7. The molecule has 232 valence electrons. The van der Waals surface area contributed by atoms with Gasteiger partial charge in [0.25, 0.3) is 0 Å². The van der Waals surface area contributed by atoms with Crippen molar-refractivity contribution in [2.45, 2.75) is 65.7 Å². The quantitative estimate of drug-likeness (QED) is 0.171. The van der Waals surface area contributed by atoms with Crippen LogP contribution in [0, 0.1) is 6.07 Å². The molecule has 0 bridgehead atoms. The molecule has 0 atom stereocenters. The van der Waals surface area contributed by atoms with E-state index in [1.807, 2.05) is 24.4 Å². The molecular weight excluding hydrogens is 752 g/mol. The second-order valence-corrected chi connectivity index (χ2v) is 14.3. The first kappa shape index (κ1) is 32.8. The van der Waals surface area contributed by atoms with Gasteiger partial charge in [-0.25, -0.2) is 4.98 Å². The van der Waals surface area contributed by atoms with Gasteiger partial charge in [0.1, 0.15) is 10.8 Å². The van der Waals surface area contributed by atoms with E-state index in [1.165, 1.54) is 22.3 Å². The molecule has 0 radical (unpaired) electrons. The number of aromatic hydroxyl groups is 1. The maximum Gasteiger partial charge on any atom is 0.127 e. The minimum absolute atomic E-state index is 0. The van der Waals surface area contributed by atoms with E-state index in [0.717, 1.165) is 48.7 Å². The molecule has 3 nitrogen and oxygen atoms in total. The van der Waals surface area contributed by atoms with Gasteiger partial charge in [0.05, 0.1) is 11.1 Å². The van der Waals surface area contributed by atoms with Crippen molar-refractivity contribution in [1.82, 2.24) is 9.97 Å². The first-order valence-electron chi connectivity index (χ1n) is 15.4. The summed E-state index contributed by atoms with van der Waals surface area (Å²) in [6, 6.07) is 33.1. The molecule has 1 N–H and O–H groups in total. The van der Waals surface area contributed by atoms with Crippen LogP contribution in [0.3, 0.4) is 0 Å². The minimum Gasteiger partial charge on any atom is -0.507 e. The molecule has 2 heterocycles. The van der Waals surface area contributed by atoms with Crippen LogP contribution in [0.2, 0.25) is 0 Å². The summed E-state index contributed by atoms with van der Waals surface area (Å²) < 4.78 is 1.09. The number of hydrogen-bond acceptors (Lipinski definition) is 4. The van der Waals surface area contributed by atoms with E-state index in [-0.39, 0.29) is 32.2 Å². The van der Waals surface area contributed by atoms with Gasteiger partial charge in [-0.15, -0.1) is 41.2 Å². The van der Waals surface area contributed by atoms with Gasteiger partial charge in [-0.2, -0.15) is 0 Å². The number of aromatic nitrogens is 2. The number of fused-ring (bicyclic) bond motifs is 1. The van der Waals surface area contributed by atoms with Gasteiger partial charge in [0.2, 0.25) is 0 Å². The Labute approximate surface area is 285 Å². The Balaban J connectivity index is 0.00000400. The molecule has 0 saturated carbocycles. The Morgan fingerprint density at radius 3 is 2.09 bits per heavy atom. The fourth-order valence-corrected chi connectivity index (χ4v) is 6.55. The third kappa shape index (κ3) is 6.83. The van der Waals surface area contributed by atoms with Crippen LogP contribution >= 0.6 is 11.3 Å². The molecule has 5 heteroatoms. The van der Waals surface area contributed by atoms with Crippen LogP contribution in [0.25, 0.3) is 54.3 Å². The monoisotopic (exact) mass is 790 g/mol. The zero-order valence-corrected chi connectivity index (χ0v) is 30.0. The molecule has 0 amide bonds. The molecule has 4 aromatic carbocycles. The second kappa shape index (κ2) is 13.0. The Morgan fingerprint density at radius 2 is 1.42 bits per heavy atom. The maximum absolute atomic E-state index is 10.6. The van der Waals surface area contributed by atoms with Crippen LogP contribution in [0.15, 0.2) is 91.1 Å². The van der Waals surface area contributed by atoms with E-state index < -0.39 is 0 Å². The largest absolute Gasteiger partial charge is 0.507 e. The van der Waals surface area contributed by atoms with Crippen molar-refractivity contribution in [2.75, 3.05) is 0 Å². The zero-order chi connectivity index (χ0) is 31.2. The van der Waals surface area contributed by atoms with Crippen LogP contribution in [0.1, 0.15) is 77.0 Å². The summed E-state index contributed by atoms with van der Waals surface area (Å²) >= 11 is 1.61. The van der Waals surface area contributed by atoms with Crippen molar-refractivity contribution in [3.05, 3.63) is 114 Å². The molecule has 0 unspecified atom stereocenters. The van der Waals surface area contributed by atoms with Crippen LogP contribution < -0.4 is 0 Å². The molecule has 0 aliphatic rings. The average molecular weight is 791 g/mol. The maximum atomic E-state index is 10.6. The van der Waals surface area contributed by atoms with Gasteiger partial charge in [-0.3, -0.25) is 4.98 Å². The number of para-hydroxylation sites is 1. The molecule has 6 rings (SSSR count). The molecule has 0 fully saturated rings. The van der Waals surface area contributed by atoms with Crippen LogP contribution in [0.5, 0.6) is 5.75 Å². The summed E-state index contributed by atoms with van der Waals surface area (Å²) in [5.41, 5.74) is 11.8. The van der Waals surface area contributed by atoms with Gasteiger partial charge in [0.15, 0.2) is 0 Å². The zero-order valence-electron chi connectivity index (χ0n) is 26.9. The summed E-state index contributed by atoms with van der Waals surface area (Å²) in [6.07, 6.45) is 1.90. The van der Waals surface area contributed by atoms with Gasteiger partial charge < -0.3 is 5.11 Å².